The lowest BCUT2D eigenvalue weighted by molar-refractivity contribution is -0.144. The smallest absolute Gasteiger partial charge is 0.332 e. The second-order valence-corrected chi connectivity index (χ2v) is 4.83. The van der Waals surface area contributed by atoms with Gasteiger partial charge in [-0.05, 0) is 6.42 Å². The molecule has 2 atom stereocenters. The summed E-state index contributed by atoms with van der Waals surface area (Å²) in [6.45, 7) is 0.645. The van der Waals surface area contributed by atoms with Gasteiger partial charge in [0, 0.05) is 32.0 Å². The molecular weight excluding hydrogens is 254 g/mol. The topological polar surface area (TPSA) is 117 Å². The SMILES string of the molecule is O=C1CCC(NC(=O)NC2(C(=O)O)CCOC2)CN1. The Morgan fingerprint density at radius 2 is 2.26 bits per heavy atom. The molecule has 2 aliphatic heterocycles. The summed E-state index contributed by atoms with van der Waals surface area (Å²) in [6, 6.07) is -0.722. The molecule has 0 aromatic carbocycles. The molecule has 19 heavy (non-hydrogen) atoms. The van der Waals surface area contributed by atoms with Crippen molar-refractivity contribution in [2.75, 3.05) is 19.8 Å². The van der Waals surface area contributed by atoms with Gasteiger partial charge < -0.3 is 25.8 Å². The van der Waals surface area contributed by atoms with E-state index in [0.717, 1.165) is 0 Å². The second-order valence-electron chi connectivity index (χ2n) is 4.83. The minimum atomic E-state index is -1.35. The fraction of sp³-hybridized carbons (Fsp3) is 0.727. The third kappa shape index (κ3) is 3.14. The van der Waals surface area contributed by atoms with Crippen LogP contribution in [0.1, 0.15) is 19.3 Å². The summed E-state index contributed by atoms with van der Waals surface area (Å²) in [7, 11) is 0. The summed E-state index contributed by atoms with van der Waals surface area (Å²) in [5.41, 5.74) is -1.35. The van der Waals surface area contributed by atoms with Crippen molar-refractivity contribution < 1.29 is 24.2 Å². The van der Waals surface area contributed by atoms with Gasteiger partial charge in [0.05, 0.1) is 6.61 Å². The minimum Gasteiger partial charge on any atom is -0.479 e. The summed E-state index contributed by atoms with van der Waals surface area (Å²) >= 11 is 0. The number of ether oxygens (including phenoxy) is 1. The van der Waals surface area contributed by atoms with Crippen molar-refractivity contribution in [1.82, 2.24) is 16.0 Å². The number of hydrogen-bond donors (Lipinski definition) is 4. The first-order valence-electron chi connectivity index (χ1n) is 6.18. The van der Waals surface area contributed by atoms with Crippen LogP contribution in [0.15, 0.2) is 0 Å². The average molecular weight is 271 g/mol. The van der Waals surface area contributed by atoms with Crippen LogP contribution in [0, 0.1) is 0 Å². The van der Waals surface area contributed by atoms with Crippen molar-refractivity contribution in [2.24, 2.45) is 0 Å². The second kappa shape index (κ2) is 5.43. The molecule has 2 rings (SSSR count). The zero-order chi connectivity index (χ0) is 13.9. The van der Waals surface area contributed by atoms with Crippen LogP contribution in [0.4, 0.5) is 4.79 Å². The zero-order valence-electron chi connectivity index (χ0n) is 10.4. The van der Waals surface area contributed by atoms with E-state index in [1.165, 1.54) is 0 Å². The van der Waals surface area contributed by atoms with Gasteiger partial charge in [-0.2, -0.15) is 0 Å². The fourth-order valence-corrected chi connectivity index (χ4v) is 2.18. The molecule has 0 aromatic heterocycles. The maximum atomic E-state index is 11.8. The van der Waals surface area contributed by atoms with Crippen LogP contribution in [0.25, 0.3) is 0 Å². The molecule has 4 N–H and O–H groups in total. The largest absolute Gasteiger partial charge is 0.479 e. The van der Waals surface area contributed by atoms with Crippen LogP contribution in [0.5, 0.6) is 0 Å². The van der Waals surface area contributed by atoms with Crippen molar-refractivity contribution in [3.8, 4) is 0 Å². The maximum Gasteiger partial charge on any atom is 0.332 e. The highest BCUT2D eigenvalue weighted by Crippen LogP contribution is 2.18. The first-order valence-corrected chi connectivity index (χ1v) is 6.18. The Morgan fingerprint density at radius 3 is 2.79 bits per heavy atom. The normalized spacial score (nSPS) is 30.5. The van der Waals surface area contributed by atoms with Crippen LogP contribution >= 0.6 is 0 Å². The van der Waals surface area contributed by atoms with Crippen LogP contribution in [0.2, 0.25) is 0 Å². The number of piperidine rings is 1. The summed E-state index contributed by atoms with van der Waals surface area (Å²) in [6.07, 6.45) is 1.16. The number of carboxylic acid groups (broad SMARTS) is 1. The van der Waals surface area contributed by atoms with E-state index in [0.29, 0.717) is 26.0 Å². The predicted molar refractivity (Wildman–Crippen MR) is 63.5 cm³/mol. The highest BCUT2D eigenvalue weighted by Gasteiger charge is 2.44. The number of rotatable bonds is 3. The van der Waals surface area contributed by atoms with Crippen LogP contribution in [0.3, 0.4) is 0 Å². The van der Waals surface area contributed by atoms with Crippen LogP contribution < -0.4 is 16.0 Å². The van der Waals surface area contributed by atoms with Crippen LogP contribution in [-0.4, -0.2) is 54.4 Å². The molecule has 0 saturated carbocycles. The van der Waals surface area contributed by atoms with E-state index in [4.69, 9.17) is 4.74 Å². The van der Waals surface area contributed by atoms with E-state index >= 15 is 0 Å². The average Bonchev–Trinajstić information content (AvgIpc) is 2.82. The van der Waals surface area contributed by atoms with E-state index in [9.17, 15) is 19.5 Å². The first kappa shape index (κ1) is 13.6. The van der Waals surface area contributed by atoms with Crippen molar-refractivity contribution >= 4 is 17.9 Å². The monoisotopic (exact) mass is 271 g/mol. The van der Waals surface area contributed by atoms with Crippen molar-refractivity contribution in [1.29, 1.82) is 0 Å². The molecule has 0 spiro atoms. The maximum absolute atomic E-state index is 11.8. The Labute approximate surface area is 109 Å². The third-order valence-electron chi connectivity index (χ3n) is 3.38. The van der Waals surface area contributed by atoms with Gasteiger partial charge in [-0.3, -0.25) is 4.79 Å². The van der Waals surface area contributed by atoms with Gasteiger partial charge in [-0.1, -0.05) is 0 Å². The standard InChI is InChI=1S/C11H17N3O5/c15-8-2-1-7(5-12-8)13-10(18)14-11(9(16)17)3-4-19-6-11/h7H,1-6H2,(H,12,15)(H,16,17)(H2,13,14,18). The number of carboxylic acids is 1. The molecule has 2 fully saturated rings. The van der Waals surface area contributed by atoms with Crippen LogP contribution in [-0.2, 0) is 14.3 Å². The van der Waals surface area contributed by atoms with Gasteiger partial charge >= 0.3 is 12.0 Å². The predicted octanol–water partition coefficient (Wildman–Crippen LogP) is -1.19. The number of urea groups is 1. The molecule has 0 bridgehead atoms. The molecule has 2 heterocycles. The summed E-state index contributed by atoms with van der Waals surface area (Å²) in [5, 5.41) is 16.9. The quantitative estimate of drug-likeness (QED) is 0.515. The highest BCUT2D eigenvalue weighted by atomic mass is 16.5. The van der Waals surface area contributed by atoms with E-state index < -0.39 is 17.5 Å². The lowest BCUT2D eigenvalue weighted by Crippen LogP contribution is -2.60. The van der Waals surface area contributed by atoms with Gasteiger partial charge in [0.1, 0.15) is 0 Å². The Hall–Kier alpha value is -1.83. The fourth-order valence-electron chi connectivity index (χ4n) is 2.18. The molecule has 0 aromatic rings. The van der Waals surface area contributed by atoms with E-state index in [1.807, 2.05) is 0 Å². The summed E-state index contributed by atoms with van der Waals surface area (Å²) in [5.74, 6) is -1.14. The van der Waals surface area contributed by atoms with E-state index in [1.54, 1.807) is 0 Å². The van der Waals surface area contributed by atoms with Crippen molar-refractivity contribution in [2.45, 2.75) is 30.8 Å². The highest BCUT2D eigenvalue weighted by molar-refractivity contribution is 5.87. The summed E-state index contributed by atoms with van der Waals surface area (Å²) in [4.78, 5) is 34.0. The number of nitrogens with one attached hydrogen (secondary N) is 3. The number of hydrogen-bond acceptors (Lipinski definition) is 4. The van der Waals surface area contributed by atoms with Crippen molar-refractivity contribution in [3.05, 3.63) is 0 Å². The Bertz CT molecular complexity index is 382. The number of carbonyl (C=O) groups is 3. The van der Waals surface area contributed by atoms with Gasteiger partial charge in [0.15, 0.2) is 5.54 Å². The molecule has 8 heteroatoms. The molecular formula is C11H17N3O5. The van der Waals surface area contributed by atoms with Gasteiger partial charge in [-0.25, -0.2) is 9.59 Å². The molecule has 8 nitrogen and oxygen atoms in total. The lowest BCUT2D eigenvalue weighted by atomic mass is 9.99. The molecule has 3 amide bonds. The lowest BCUT2D eigenvalue weighted by Gasteiger charge is -2.27. The van der Waals surface area contributed by atoms with Gasteiger partial charge in [-0.15, -0.1) is 0 Å². The van der Waals surface area contributed by atoms with Gasteiger partial charge in [0.25, 0.3) is 0 Å². The number of carbonyl (C=O) groups excluding carboxylic acids is 2. The third-order valence-corrected chi connectivity index (χ3v) is 3.38. The summed E-state index contributed by atoms with van der Waals surface area (Å²) < 4.78 is 5.05. The number of aliphatic carboxylic acids is 1. The molecule has 2 aliphatic rings. The Kier molecular flexibility index (Phi) is 3.89. The molecule has 0 radical (unpaired) electrons. The van der Waals surface area contributed by atoms with E-state index in [-0.39, 0.29) is 25.0 Å². The van der Waals surface area contributed by atoms with Crippen molar-refractivity contribution in [3.63, 3.8) is 0 Å². The molecule has 2 unspecified atom stereocenters. The molecule has 106 valence electrons. The molecule has 2 saturated heterocycles. The number of amides is 3. The Morgan fingerprint density at radius 1 is 1.47 bits per heavy atom. The molecule has 0 aliphatic carbocycles. The first-order chi connectivity index (χ1) is 9.02. The Balaban J connectivity index is 1.86. The van der Waals surface area contributed by atoms with E-state index in [2.05, 4.69) is 16.0 Å². The minimum absolute atomic E-state index is 0.0306. The zero-order valence-corrected chi connectivity index (χ0v) is 10.4. The van der Waals surface area contributed by atoms with Gasteiger partial charge in [0.2, 0.25) is 5.91 Å².